The second kappa shape index (κ2) is 5.00. The summed E-state index contributed by atoms with van der Waals surface area (Å²) in [6.45, 7) is 0.672. The van der Waals surface area contributed by atoms with E-state index < -0.39 is 0 Å². The molecule has 6 heteroatoms. The van der Waals surface area contributed by atoms with E-state index in [0.717, 1.165) is 22.4 Å². The maximum absolute atomic E-state index is 5.71. The van der Waals surface area contributed by atoms with E-state index in [1.54, 1.807) is 12.6 Å². The fourth-order valence-electron chi connectivity index (χ4n) is 2.41. The largest absolute Gasteiger partial charge is 0.463 e. The minimum absolute atomic E-state index is 0.672. The molecule has 0 saturated carbocycles. The summed E-state index contributed by atoms with van der Waals surface area (Å²) in [5.41, 5.74) is 9.80. The molecule has 22 heavy (non-hydrogen) atoms. The number of rotatable bonds is 3. The molecule has 6 nitrogen and oxygen atoms in total. The molecule has 0 amide bonds. The van der Waals surface area contributed by atoms with Crippen LogP contribution in [0.4, 0.5) is 5.69 Å². The Balaban J connectivity index is 1.77. The molecule has 0 saturated heterocycles. The second-order valence-electron chi connectivity index (χ2n) is 4.99. The van der Waals surface area contributed by atoms with Crippen LogP contribution in [0.3, 0.4) is 0 Å². The summed E-state index contributed by atoms with van der Waals surface area (Å²) in [4.78, 5) is 13.1. The van der Waals surface area contributed by atoms with Crippen molar-refractivity contribution in [1.82, 2.24) is 19.5 Å². The zero-order chi connectivity index (χ0) is 14.9. The van der Waals surface area contributed by atoms with Crippen LogP contribution in [-0.2, 0) is 6.54 Å². The Morgan fingerprint density at radius 2 is 1.91 bits per heavy atom. The maximum Gasteiger partial charge on any atom is 0.164 e. The highest BCUT2D eigenvalue weighted by molar-refractivity contribution is 5.85. The van der Waals surface area contributed by atoms with Crippen molar-refractivity contribution in [3.05, 3.63) is 60.9 Å². The lowest BCUT2D eigenvalue weighted by atomic mass is 10.2. The highest BCUT2D eigenvalue weighted by Gasteiger charge is 2.13. The first-order chi connectivity index (χ1) is 10.8. The first kappa shape index (κ1) is 12.6. The third kappa shape index (κ3) is 2.10. The number of furan rings is 1. The lowest BCUT2D eigenvalue weighted by molar-refractivity contribution is 0.580. The van der Waals surface area contributed by atoms with Crippen LogP contribution in [0.1, 0.15) is 5.56 Å². The van der Waals surface area contributed by atoms with Crippen LogP contribution >= 0.6 is 0 Å². The highest BCUT2D eigenvalue weighted by Crippen LogP contribution is 2.24. The summed E-state index contributed by atoms with van der Waals surface area (Å²) in [6.07, 6.45) is 4.91. The maximum atomic E-state index is 5.71. The van der Waals surface area contributed by atoms with E-state index in [2.05, 4.69) is 15.0 Å². The Bertz CT molecular complexity index is 910. The van der Waals surface area contributed by atoms with Gasteiger partial charge in [-0.15, -0.1) is 0 Å². The van der Waals surface area contributed by atoms with Gasteiger partial charge < -0.3 is 14.7 Å². The summed E-state index contributed by atoms with van der Waals surface area (Å²) in [5, 5.41) is 0. The van der Waals surface area contributed by atoms with E-state index in [9.17, 15) is 0 Å². The van der Waals surface area contributed by atoms with E-state index in [0.29, 0.717) is 18.0 Å². The quantitative estimate of drug-likeness (QED) is 0.587. The molecule has 0 aliphatic heterocycles. The van der Waals surface area contributed by atoms with Crippen molar-refractivity contribution < 1.29 is 4.42 Å². The van der Waals surface area contributed by atoms with E-state index in [1.165, 1.54) is 6.33 Å². The van der Waals surface area contributed by atoms with E-state index >= 15 is 0 Å². The van der Waals surface area contributed by atoms with Gasteiger partial charge in [0.25, 0.3) is 0 Å². The fraction of sp³-hybridized carbons (Fsp3) is 0.0625. The molecule has 0 atom stereocenters. The van der Waals surface area contributed by atoms with Crippen molar-refractivity contribution in [3.8, 4) is 11.5 Å². The molecule has 0 unspecified atom stereocenters. The molecule has 0 spiro atoms. The summed E-state index contributed by atoms with van der Waals surface area (Å²) < 4.78 is 7.40. The molecule has 0 bridgehead atoms. The zero-order valence-corrected chi connectivity index (χ0v) is 11.7. The SMILES string of the molecule is Nc1ccc(Cn2cnc3c(-c4ccco4)ncnc32)cc1. The predicted octanol–water partition coefficient (Wildman–Crippen LogP) is 2.72. The third-order valence-electron chi connectivity index (χ3n) is 3.49. The van der Waals surface area contributed by atoms with Crippen molar-refractivity contribution >= 4 is 16.9 Å². The van der Waals surface area contributed by atoms with Crippen LogP contribution in [0.25, 0.3) is 22.6 Å². The monoisotopic (exact) mass is 291 g/mol. The molecule has 4 aromatic rings. The molecule has 0 radical (unpaired) electrons. The first-order valence-corrected chi connectivity index (χ1v) is 6.85. The number of hydrogen-bond acceptors (Lipinski definition) is 5. The second-order valence-corrected chi connectivity index (χ2v) is 4.99. The number of fused-ring (bicyclic) bond motifs is 1. The van der Waals surface area contributed by atoms with Gasteiger partial charge in [0.2, 0.25) is 0 Å². The lowest BCUT2D eigenvalue weighted by Gasteiger charge is -2.04. The Morgan fingerprint density at radius 1 is 1.05 bits per heavy atom. The van der Waals surface area contributed by atoms with Crippen molar-refractivity contribution in [2.24, 2.45) is 0 Å². The minimum Gasteiger partial charge on any atom is -0.463 e. The Hall–Kier alpha value is -3.15. The van der Waals surface area contributed by atoms with Gasteiger partial charge in [-0.2, -0.15) is 0 Å². The number of imidazole rings is 1. The van der Waals surface area contributed by atoms with Gasteiger partial charge >= 0.3 is 0 Å². The summed E-state index contributed by atoms with van der Waals surface area (Å²) >= 11 is 0. The number of nitrogen functional groups attached to an aromatic ring is 1. The van der Waals surface area contributed by atoms with Crippen LogP contribution < -0.4 is 5.73 Å². The Morgan fingerprint density at radius 3 is 2.68 bits per heavy atom. The van der Waals surface area contributed by atoms with E-state index in [1.807, 2.05) is 41.0 Å². The highest BCUT2D eigenvalue weighted by atomic mass is 16.3. The number of nitrogens with zero attached hydrogens (tertiary/aromatic N) is 4. The molecule has 4 rings (SSSR count). The van der Waals surface area contributed by atoms with Gasteiger partial charge in [0.15, 0.2) is 11.4 Å². The predicted molar refractivity (Wildman–Crippen MR) is 83.0 cm³/mol. The number of aromatic nitrogens is 4. The molecular weight excluding hydrogens is 278 g/mol. The van der Waals surface area contributed by atoms with E-state index in [-0.39, 0.29) is 0 Å². The van der Waals surface area contributed by atoms with Gasteiger partial charge in [-0.25, -0.2) is 15.0 Å². The van der Waals surface area contributed by atoms with Crippen LogP contribution in [0.2, 0.25) is 0 Å². The van der Waals surface area contributed by atoms with Crippen LogP contribution in [0.15, 0.2) is 59.7 Å². The first-order valence-electron chi connectivity index (χ1n) is 6.85. The molecule has 3 heterocycles. The van der Waals surface area contributed by atoms with Crippen molar-refractivity contribution in [2.75, 3.05) is 5.73 Å². The van der Waals surface area contributed by atoms with Crippen LogP contribution in [0.5, 0.6) is 0 Å². The summed E-state index contributed by atoms with van der Waals surface area (Å²) in [6, 6.07) is 11.5. The Kier molecular flexibility index (Phi) is 2.86. The Labute approximate surface area is 126 Å². The lowest BCUT2D eigenvalue weighted by Crippen LogP contribution is -2.00. The van der Waals surface area contributed by atoms with Gasteiger partial charge in [-0.1, -0.05) is 12.1 Å². The average molecular weight is 291 g/mol. The van der Waals surface area contributed by atoms with Crippen molar-refractivity contribution in [3.63, 3.8) is 0 Å². The minimum atomic E-state index is 0.672. The number of hydrogen-bond donors (Lipinski definition) is 1. The van der Waals surface area contributed by atoms with Gasteiger partial charge in [0.1, 0.15) is 17.5 Å². The molecule has 2 N–H and O–H groups in total. The molecule has 0 aliphatic rings. The molecule has 0 fully saturated rings. The smallest absolute Gasteiger partial charge is 0.164 e. The van der Waals surface area contributed by atoms with Crippen LogP contribution in [-0.4, -0.2) is 19.5 Å². The van der Waals surface area contributed by atoms with Gasteiger partial charge in [0, 0.05) is 5.69 Å². The fourth-order valence-corrected chi connectivity index (χ4v) is 2.41. The molecular formula is C16H13N5O. The summed E-state index contributed by atoms with van der Waals surface area (Å²) in [5.74, 6) is 0.685. The normalized spacial score (nSPS) is 11.1. The third-order valence-corrected chi connectivity index (χ3v) is 3.49. The van der Waals surface area contributed by atoms with Crippen molar-refractivity contribution in [2.45, 2.75) is 6.54 Å². The molecule has 1 aromatic carbocycles. The summed E-state index contributed by atoms with van der Waals surface area (Å²) in [7, 11) is 0. The molecule has 0 aliphatic carbocycles. The number of benzene rings is 1. The van der Waals surface area contributed by atoms with Gasteiger partial charge in [0.05, 0.1) is 19.1 Å². The molecule has 3 aromatic heterocycles. The molecule has 108 valence electrons. The number of nitrogens with two attached hydrogens (primary N) is 1. The van der Waals surface area contributed by atoms with E-state index in [4.69, 9.17) is 10.2 Å². The zero-order valence-electron chi connectivity index (χ0n) is 11.7. The van der Waals surface area contributed by atoms with Crippen molar-refractivity contribution in [1.29, 1.82) is 0 Å². The standard InChI is InChI=1S/C16H13N5O/c17-12-5-3-11(4-6-12)8-21-10-20-15-14(13-2-1-7-22-13)18-9-19-16(15)21/h1-7,9-10H,8,17H2. The number of anilines is 1. The topological polar surface area (TPSA) is 82.8 Å². The van der Waals surface area contributed by atoms with Crippen LogP contribution in [0, 0.1) is 0 Å². The average Bonchev–Trinajstić information content (AvgIpc) is 3.20. The van der Waals surface area contributed by atoms with Gasteiger partial charge in [-0.3, -0.25) is 0 Å². The van der Waals surface area contributed by atoms with Gasteiger partial charge in [-0.05, 0) is 29.8 Å².